The molecule has 2 aromatic rings. The third kappa shape index (κ3) is 4.49. The molecule has 2 aromatic carbocycles. The minimum absolute atomic E-state index is 0.0664. The first-order chi connectivity index (χ1) is 13.8. The zero-order chi connectivity index (χ0) is 19.2. The van der Waals surface area contributed by atoms with Gasteiger partial charge in [0, 0.05) is 6.54 Å². The van der Waals surface area contributed by atoms with Crippen LogP contribution in [0.5, 0.6) is 11.5 Å². The Morgan fingerprint density at radius 3 is 2.50 bits per heavy atom. The van der Waals surface area contributed by atoms with E-state index in [9.17, 15) is 0 Å². The zero-order valence-corrected chi connectivity index (χ0v) is 16.0. The molecule has 2 unspecified atom stereocenters. The summed E-state index contributed by atoms with van der Waals surface area (Å²) in [6, 6.07) is 18.1. The molecule has 2 atom stereocenters. The fourth-order valence-electron chi connectivity index (χ4n) is 4.03. The monoisotopic (exact) mass is 381 g/mol. The van der Waals surface area contributed by atoms with Crippen LogP contribution in [0.2, 0.25) is 0 Å². The molecule has 0 bridgehead atoms. The molecule has 2 heterocycles. The summed E-state index contributed by atoms with van der Waals surface area (Å²) in [7, 11) is 0. The highest BCUT2D eigenvalue weighted by molar-refractivity contribution is 5.40. The second kappa shape index (κ2) is 9.13. The molecular formula is C23H27NO4. The SMILES string of the molecule is C=COOC(c1ccccc1)C1CCN(CC2COc3ccccc3O2)CC1. The van der Waals surface area contributed by atoms with E-state index in [1.807, 2.05) is 42.5 Å². The van der Waals surface area contributed by atoms with E-state index < -0.39 is 0 Å². The van der Waals surface area contributed by atoms with Crippen molar-refractivity contribution < 1.29 is 19.2 Å². The van der Waals surface area contributed by atoms with Gasteiger partial charge in [0.25, 0.3) is 0 Å². The molecule has 0 aliphatic carbocycles. The number of piperidine rings is 1. The van der Waals surface area contributed by atoms with Gasteiger partial charge < -0.3 is 14.4 Å². The van der Waals surface area contributed by atoms with E-state index in [-0.39, 0.29) is 12.2 Å². The quantitative estimate of drug-likeness (QED) is 0.405. The lowest BCUT2D eigenvalue weighted by atomic mass is 9.87. The van der Waals surface area contributed by atoms with Crippen LogP contribution in [0.15, 0.2) is 67.4 Å². The van der Waals surface area contributed by atoms with E-state index in [4.69, 9.17) is 19.2 Å². The first-order valence-electron chi connectivity index (χ1n) is 9.92. The molecule has 0 amide bonds. The molecule has 28 heavy (non-hydrogen) atoms. The molecule has 0 radical (unpaired) electrons. The van der Waals surface area contributed by atoms with Gasteiger partial charge in [-0.1, -0.05) is 49.0 Å². The van der Waals surface area contributed by atoms with Crippen LogP contribution in [0.4, 0.5) is 0 Å². The van der Waals surface area contributed by atoms with Crippen molar-refractivity contribution in [2.45, 2.75) is 25.0 Å². The van der Waals surface area contributed by atoms with Gasteiger partial charge >= 0.3 is 0 Å². The maximum atomic E-state index is 6.11. The van der Waals surface area contributed by atoms with Gasteiger partial charge in [-0.05, 0) is 49.5 Å². The minimum atomic E-state index is -0.0810. The number of nitrogens with zero attached hydrogens (tertiary/aromatic N) is 1. The summed E-state index contributed by atoms with van der Waals surface area (Å²) in [6.07, 6.45) is 3.41. The standard InChI is InChI=1S/C23H27NO4/c1-2-26-28-23(18-8-4-3-5-9-18)19-12-14-24(15-13-19)16-20-17-25-21-10-6-7-11-22(21)27-20/h2-11,19-20,23H,1,12-17H2. The second-order valence-corrected chi connectivity index (χ2v) is 7.33. The van der Waals surface area contributed by atoms with Crippen LogP contribution in [0, 0.1) is 5.92 Å². The molecule has 148 valence electrons. The lowest BCUT2D eigenvalue weighted by Crippen LogP contribution is -2.44. The van der Waals surface area contributed by atoms with E-state index in [1.54, 1.807) is 0 Å². The summed E-state index contributed by atoms with van der Waals surface area (Å²) in [5, 5.41) is 0. The van der Waals surface area contributed by atoms with Gasteiger partial charge in [0.15, 0.2) is 11.5 Å². The number of hydrogen-bond acceptors (Lipinski definition) is 5. The second-order valence-electron chi connectivity index (χ2n) is 7.33. The Balaban J connectivity index is 1.32. The Bertz CT molecular complexity index is 758. The van der Waals surface area contributed by atoms with Gasteiger partial charge in [-0.3, -0.25) is 4.90 Å². The van der Waals surface area contributed by atoms with Crippen molar-refractivity contribution in [2.75, 3.05) is 26.2 Å². The fourth-order valence-corrected chi connectivity index (χ4v) is 4.03. The van der Waals surface area contributed by atoms with Gasteiger partial charge in [-0.15, -0.1) is 0 Å². The van der Waals surface area contributed by atoms with Gasteiger partial charge in [-0.25, -0.2) is 0 Å². The van der Waals surface area contributed by atoms with Crippen molar-refractivity contribution in [3.05, 3.63) is 73.0 Å². The van der Waals surface area contributed by atoms with Gasteiger partial charge in [0.2, 0.25) is 0 Å². The normalized spacial score (nSPS) is 21.1. The first-order valence-corrected chi connectivity index (χ1v) is 9.92. The van der Waals surface area contributed by atoms with Crippen LogP contribution in [-0.4, -0.2) is 37.2 Å². The molecule has 0 spiro atoms. The van der Waals surface area contributed by atoms with Crippen molar-refractivity contribution in [3.8, 4) is 11.5 Å². The molecule has 0 aromatic heterocycles. The summed E-state index contributed by atoms with van der Waals surface area (Å²) in [4.78, 5) is 13.2. The number of para-hydroxylation sites is 2. The highest BCUT2D eigenvalue weighted by Gasteiger charge is 2.31. The average Bonchev–Trinajstić information content (AvgIpc) is 2.76. The van der Waals surface area contributed by atoms with E-state index in [1.165, 1.54) is 6.26 Å². The highest BCUT2D eigenvalue weighted by Crippen LogP contribution is 2.35. The number of benzene rings is 2. The van der Waals surface area contributed by atoms with E-state index >= 15 is 0 Å². The van der Waals surface area contributed by atoms with Crippen LogP contribution in [0.25, 0.3) is 0 Å². The minimum Gasteiger partial charge on any atom is -0.486 e. The summed E-state index contributed by atoms with van der Waals surface area (Å²) in [5.74, 6) is 2.08. The maximum Gasteiger partial charge on any atom is 0.161 e. The molecule has 0 N–H and O–H groups in total. The summed E-state index contributed by atoms with van der Waals surface area (Å²) in [5.41, 5.74) is 1.14. The van der Waals surface area contributed by atoms with Gasteiger partial charge in [0.1, 0.15) is 25.1 Å². The average molecular weight is 381 g/mol. The zero-order valence-electron chi connectivity index (χ0n) is 16.0. The van der Waals surface area contributed by atoms with Crippen molar-refractivity contribution in [2.24, 2.45) is 5.92 Å². The Morgan fingerprint density at radius 2 is 1.75 bits per heavy atom. The lowest BCUT2D eigenvalue weighted by Gasteiger charge is -2.37. The number of fused-ring (bicyclic) bond motifs is 1. The molecule has 0 saturated carbocycles. The maximum absolute atomic E-state index is 6.11. The predicted molar refractivity (Wildman–Crippen MR) is 107 cm³/mol. The largest absolute Gasteiger partial charge is 0.486 e. The number of rotatable bonds is 7. The van der Waals surface area contributed by atoms with Crippen molar-refractivity contribution in [3.63, 3.8) is 0 Å². The predicted octanol–water partition coefficient (Wildman–Crippen LogP) is 4.37. The van der Waals surface area contributed by atoms with Crippen molar-refractivity contribution in [1.29, 1.82) is 0 Å². The van der Waals surface area contributed by atoms with Crippen LogP contribution in [0.1, 0.15) is 24.5 Å². The van der Waals surface area contributed by atoms with Gasteiger partial charge in [-0.2, -0.15) is 4.89 Å². The molecule has 4 rings (SSSR count). The molecular weight excluding hydrogens is 354 g/mol. The van der Waals surface area contributed by atoms with E-state index in [2.05, 4.69) is 23.6 Å². The molecule has 1 saturated heterocycles. The Kier molecular flexibility index (Phi) is 6.14. The van der Waals surface area contributed by atoms with E-state index in [0.717, 1.165) is 49.5 Å². The highest BCUT2D eigenvalue weighted by atomic mass is 17.2. The first kappa shape index (κ1) is 18.8. The van der Waals surface area contributed by atoms with Crippen molar-refractivity contribution in [1.82, 2.24) is 4.90 Å². The number of likely N-dealkylation sites (tertiary alicyclic amines) is 1. The Hall–Kier alpha value is -2.50. The number of ether oxygens (including phenoxy) is 2. The number of hydrogen-bond donors (Lipinski definition) is 0. The summed E-state index contributed by atoms with van der Waals surface area (Å²) >= 11 is 0. The third-order valence-corrected chi connectivity index (χ3v) is 5.45. The summed E-state index contributed by atoms with van der Waals surface area (Å²) in [6.45, 7) is 7.07. The molecule has 1 fully saturated rings. The van der Waals surface area contributed by atoms with Crippen molar-refractivity contribution >= 4 is 0 Å². The molecule has 5 nitrogen and oxygen atoms in total. The van der Waals surface area contributed by atoms with Gasteiger partial charge in [0.05, 0.1) is 0 Å². The lowest BCUT2D eigenvalue weighted by molar-refractivity contribution is -0.300. The third-order valence-electron chi connectivity index (χ3n) is 5.45. The summed E-state index contributed by atoms with van der Waals surface area (Å²) < 4.78 is 12.0. The van der Waals surface area contributed by atoms with Crippen LogP contribution < -0.4 is 9.47 Å². The Morgan fingerprint density at radius 1 is 1.04 bits per heavy atom. The Labute approximate surface area is 166 Å². The molecule has 2 aliphatic rings. The smallest absolute Gasteiger partial charge is 0.161 e. The van der Waals surface area contributed by atoms with Crippen LogP contribution >= 0.6 is 0 Å². The molecule has 2 aliphatic heterocycles. The topological polar surface area (TPSA) is 40.2 Å². The molecule has 5 heteroatoms. The van der Waals surface area contributed by atoms with E-state index in [0.29, 0.717) is 12.5 Å². The van der Waals surface area contributed by atoms with Crippen LogP contribution in [-0.2, 0) is 9.78 Å². The van der Waals surface area contributed by atoms with Crippen LogP contribution in [0.3, 0.4) is 0 Å². The fraction of sp³-hybridized carbons (Fsp3) is 0.391.